The average Bonchev–Trinajstić information content (AvgIpc) is 3.16. The molecule has 0 radical (unpaired) electrons. The molecular weight excluding hydrogens is 286 g/mol. The van der Waals surface area contributed by atoms with E-state index in [-0.39, 0.29) is 12.5 Å². The molecule has 6 heteroatoms. The van der Waals surface area contributed by atoms with Crippen LogP contribution in [0.3, 0.4) is 0 Å². The van der Waals surface area contributed by atoms with Gasteiger partial charge < -0.3 is 9.84 Å². The van der Waals surface area contributed by atoms with Gasteiger partial charge in [0, 0.05) is 5.56 Å². The normalized spacial score (nSPS) is 10.5. The van der Waals surface area contributed by atoms with Gasteiger partial charge in [-0.2, -0.15) is 4.98 Å². The average molecular weight is 299 g/mol. The number of aromatic nitrogens is 2. The molecule has 1 N–H and O–H groups in total. The molecule has 0 atom stereocenters. The second kappa shape index (κ2) is 5.88. The Morgan fingerprint density at radius 3 is 2.81 bits per heavy atom. The minimum atomic E-state index is -0.155. The number of nitrogens with one attached hydrogen (secondary N) is 1. The van der Waals surface area contributed by atoms with Crippen LogP contribution < -0.4 is 5.32 Å². The van der Waals surface area contributed by atoms with Crippen molar-refractivity contribution in [2.45, 2.75) is 13.5 Å². The third-order valence-electron chi connectivity index (χ3n) is 2.92. The van der Waals surface area contributed by atoms with Crippen molar-refractivity contribution in [3.63, 3.8) is 0 Å². The summed E-state index contributed by atoms with van der Waals surface area (Å²) in [5.41, 5.74) is 1.73. The molecule has 0 spiro atoms. The van der Waals surface area contributed by atoms with E-state index in [2.05, 4.69) is 15.5 Å². The summed E-state index contributed by atoms with van der Waals surface area (Å²) in [6, 6.07) is 11.2. The highest BCUT2D eigenvalue weighted by atomic mass is 32.1. The number of hydrogen-bond acceptors (Lipinski definition) is 5. The van der Waals surface area contributed by atoms with Crippen LogP contribution in [-0.2, 0) is 6.54 Å². The molecule has 5 nitrogen and oxygen atoms in total. The second-order valence-corrected chi connectivity index (χ2v) is 5.49. The zero-order valence-corrected chi connectivity index (χ0v) is 12.2. The van der Waals surface area contributed by atoms with E-state index in [1.54, 1.807) is 12.1 Å². The molecule has 2 heterocycles. The van der Waals surface area contributed by atoms with Gasteiger partial charge in [0.25, 0.3) is 11.8 Å². The third-order valence-corrected chi connectivity index (χ3v) is 3.78. The molecule has 0 saturated carbocycles. The van der Waals surface area contributed by atoms with Gasteiger partial charge in [-0.05, 0) is 30.5 Å². The Bertz CT molecular complexity index is 733. The summed E-state index contributed by atoms with van der Waals surface area (Å²) in [6.45, 7) is 2.22. The predicted molar refractivity (Wildman–Crippen MR) is 80.0 cm³/mol. The number of nitrogens with zero attached hydrogens (tertiary/aromatic N) is 2. The van der Waals surface area contributed by atoms with Gasteiger partial charge in [-0.1, -0.05) is 28.9 Å². The Hall–Kier alpha value is -2.47. The monoisotopic (exact) mass is 299 g/mol. The molecule has 0 bridgehead atoms. The van der Waals surface area contributed by atoms with Gasteiger partial charge in [-0.15, -0.1) is 11.3 Å². The summed E-state index contributed by atoms with van der Waals surface area (Å²) < 4.78 is 5.16. The topological polar surface area (TPSA) is 68.0 Å². The van der Waals surface area contributed by atoms with Crippen LogP contribution in [0.4, 0.5) is 0 Å². The maximum absolute atomic E-state index is 12.0. The lowest BCUT2D eigenvalue weighted by Crippen LogP contribution is -2.23. The minimum absolute atomic E-state index is 0.155. The second-order valence-electron chi connectivity index (χ2n) is 4.54. The van der Waals surface area contributed by atoms with Crippen LogP contribution in [0, 0.1) is 6.92 Å². The van der Waals surface area contributed by atoms with Crippen molar-refractivity contribution in [1.82, 2.24) is 15.5 Å². The summed E-state index contributed by atoms with van der Waals surface area (Å²) in [4.78, 5) is 17.1. The van der Waals surface area contributed by atoms with E-state index in [4.69, 9.17) is 4.52 Å². The minimum Gasteiger partial charge on any atom is -0.345 e. The van der Waals surface area contributed by atoms with Crippen LogP contribution in [0.15, 0.2) is 46.3 Å². The third kappa shape index (κ3) is 3.17. The smallest absolute Gasteiger partial charge is 0.268 e. The summed E-state index contributed by atoms with van der Waals surface area (Å²) >= 11 is 1.53. The number of carbonyl (C=O) groups excluding carboxylic acids is 1. The molecule has 1 aromatic carbocycles. The van der Waals surface area contributed by atoms with Crippen molar-refractivity contribution in [2.24, 2.45) is 0 Å². The molecule has 2 aromatic heterocycles. The zero-order chi connectivity index (χ0) is 14.7. The molecule has 0 aliphatic rings. The summed E-state index contributed by atoms with van der Waals surface area (Å²) in [5, 5.41) is 8.57. The van der Waals surface area contributed by atoms with E-state index in [0.29, 0.717) is 17.3 Å². The van der Waals surface area contributed by atoms with Gasteiger partial charge in [0.1, 0.15) is 0 Å². The molecule has 0 saturated heterocycles. The fourth-order valence-electron chi connectivity index (χ4n) is 1.79. The SMILES string of the molecule is Cc1ccc(C(=O)NCc2noc(-c3cccs3)n2)cc1. The van der Waals surface area contributed by atoms with Crippen molar-refractivity contribution in [2.75, 3.05) is 0 Å². The molecule has 0 unspecified atom stereocenters. The lowest BCUT2D eigenvalue weighted by Gasteiger charge is -2.02. The number of thiophene rings is 1. The van der Waals surface area contributed by atoms with Gasteiger partial charge in [-0.25, -0.2) is 0 Å². The summed E-state index contributed by atoms with van der Waals surface area (Å²) in [7, 11) is 0. The van der Waals surface area contributed by atoms with Gasteiger partial charge in [0.15, 0.2) is 5.82 Å². The van der Waals surface area contributed by atoms with Crippen molar-refractivity contribution in [3.8, 4) is 10.8 Å². The Morgan fingerprint density at radius 1 is 1.29 bits per heavy atom. The molecule has 0 aliphatic heterocycles. The zero-order valence-electron chi connectivity index (χ0n) is 11.4. The molecular formula is C15H13N3O2S. The van der Waals surface area contributed by atoms with E-state index in [1.165, 1.54) is 11.3 Å². The molecule has 21 heavy (non-hydrogen) atoms. The quantitative estimate of drug-likeness (QED) is 0.804. The molecule has 106 valence electrons. The summed E-state index contributed by atoms with van der Waals surface area (Å²) in [5.74, 6) is 0.779. The standard InChI is InChI=1S/C15H13N3O2S/c1-10-4-6-11(7-5-10)14(19)16-9-13-17-15(20-18-13)12-3-2-8-21-12/h2-8H,9H2,1H3,(H,16,19). The molecule has 0 aliphatic carbocycles. The Kier molecular flexibility index (Phi) is 3.79. The van der Waals surface area contributed by atoms with Crippen molar-refractivity contribution in [1.29, 1.82) is 0 Å². The number of rotatable bonds is 4. The van der Waals surface area contributed by atoms with Crippen molar-refractivity contribution < 1.29 is 9.32 Å². The van der Waals surface area contributed by atoms with Crippen LogP contribution in [-0.4, -0.2) is 16.0 Å². The van der Waals surface area contributed by atoms with Crippen LogP contribution in [0.25, 0.3) is 10.8 Å². The highest BCUT2D eigenvalue weighted by molar-refractivity contribution is 7.13. The van der Waals surface area contributed by atoms with Gasteiger partial charge in [0.05, 0.1) is 11.4 Å². The molecule has 1 amide bonds. The Balaban J connectivity index is 1.62. The summed E-state index contributed by atoms with van der Waals surface area (Å²) in [6.07, 6.45) is 0. The van der Waals surface area contributed by atoms with Crippen LogP contribution >= 0.6 is 11.3 Å². The van der Waals surface area contributed by atoms with Crippen LogP contribution in [0.5, 0.6) is 0 Å². The van der Waals surface area contributed by atoms with Gasteiger partial charge in [0.2, 0.25) is 0 Å². The maximum atomic E-state index is 12.0. The van der Waals surface area contributed by atoms with Gasteiger partial charge in [-0.3, -0.25) is 4.79 Å². The molecule has 0 fully saturated rings. The highest BCUT2D eigenvalue weighted by Gasteiger charge is 2.11. The van der Waals surface area contributed by atoms with Crippen molar-refractivity contribution >= 4 is 17.2 Å². The first-order chi connectivity index (χ1) is 10.2. The number of aryl methyl sites for hydroxylation is 1. The molecule has 3 aromatic rings. The number of hydrogen-bond donors (Lipinski definition) is 1. The van der Waals surface area contributed by atoms with E-state index in [0.717, 1.165) is 10.4 Å². The van der Waals surface area contributed by atoms with E-state index < -0.39 is 0 Å². The predicted octanol–water partition coefficient (Wildman–Crippen LogP) is 3.04. The van der Waals surface area contributed by atoms with Gasteiger partial charge >= 0.3 is 0 Å². The number of amides is 1. The van der Waals surface area contributed by atoms with E-state index >= 15 is 0 Å². The first-order valence-corrected chi connectivity index (χ1v) is 7.31. The number of benzene rings is 1. The fourth-order valence-corrected chi connectivity index (χ4v) is 2.44. The Morgan fingerprint density at radius 2 is 2.10 bits per heavy atom. The Labute approximate surface area is 125 Å². The molecule has 3 rings (SSSR count). The van der Waals surface area contributed by atoms with E-state index in [1.807, 2.05) is 36.6 Å². The van der Waals surface area contributed by atoms with Crippen LogP contribution in [0.1, 0.15) is 21.7 Å². The highest BCUT2D eigenvalue weighted by Crippen LogP contribution is 2.22. The number of carbonyl (C=O) groups is 1. The lowest BCUT2D eigenvalue weighted by atomic mass is 10.1. The lowest BCUT2D eigenvalue weighted by molar-refractivity contribution is 0.0949. The van der Waals surface area contributed by atoms with E-state index in [9.17, 15) is 4.79 Å². The fraction of sp³-hybridized carbons (Fsp3) is 0.133. The first kappa shape index (κ1) is 13.5. The largest absolute Gasteiger partial charge is 0.345 e. The first-order valence-electron chi connectivity index (χ1n) is 6.44. The van der Waals surface area contributed by atoms with Crippen LogP contribution in [0.2, 0.25) is 0 Å². The van der Waals surface area contributed by atoms with Crippen molar-refractivity contribution in [3.05, 3.63) is 58.7 Å². The maximum Gasteiger partial charge on any atom is 0.268 e.